The van der Waals surface area contributed by atoms with Gasteiger partial charge >= 0.3 is 17.4 Å². The molecule has 9 heavy (non-hydrogen) atoms. The van der Waals surface area contributed by atoms with Gasteiger partial charge in [-0.05, 0) is 6.42 Å². The third-order valence-corrected chi connectivity index (χ3v) is 1.09. The normalized spacial score (nSPS) is 9.33. The topological polar surface area (TPSA) is 55.3 Å². The van der Waals surface area contributed by atoms with Crippen LogP contribution in [0.1, 0.15) is 19.8 Å². The molecule has 0 amide bonds. The van der Waals surface area contributed by atoms with Crippen molar-refractivity contribution < 1.29 is 14.3 Å². The van der Waals surface area contributed by atoms with Gasteiger partial charge in [-0.1, -0.05) is 13.3 Å². The summed E-state index contributed by atoms with van der Waals surface area (Å²) in [6.45, 7) is 2.30. The fraction of sp³-hybridized carbons (Fsp3) is 1.00. The van der Waals surface area contributed by atoms with Crippen LogP contribution in [0.2, 0.25) is 0 Å². The molecule has 0 aromatic carbocycles. The molecule has 0 spiro atoms. The van der Waals surface area contributed by atoms with E-state index in [1.54, 1.807) is 0 Å². The molecule has 3 nitrogen and oxygen atoms in total. The fourth-order valence-electron chi connectivity index (χ4n) is 0.283. The Morgan fingerprint density at radius 2 is 2.00 bits per heavy atom. The van der Waals surface area contributed by atoms with E-state index in [1.165, 1.54) is 0 Å². The molecule has 0 N–H and O–H groups in total. The third kappa shape index (κ3) is 12.1. The molecule has 0 aliphatic rings. The summed E-state index contributed by atoms with van der Waals surface area (Å²) in [6, 6.07) is 0. The smallest absolute Gasteiger partial charge is 0.820 e. The predicted molar refractivity (Wildman–Crippen MR) is 33.5 cm³/mol. The van der Waals surface area contributed by atoms with E-state index in [-0.39, 0.29) is 17.4 Å². The van der Waals surface area contributed by atoms with Crippen LogP contribution in [-0.2, 0) is 4.52 Å². The summed E-state index contributed by atoms with van der Waals surface area (Å²) in [5.41, 5.74) is 0. The minimum atomic E-state index is -2.61. The Hall–Kier alpha value is 0.842. The first-order valence-electron chi connectivity index (χ1n) is 2.54. The van der Waals surface area contributed by atoms with E-state index in [2.05, 4.69) is 4.52 Å². The van der Waals surface area contributed by atoms with E-state index < -0.39 is 8.60 Å². The molecule has 0 bridgehead atoms. The van der Waals surface area contributed by atoms with Crippen molar-refractivity contribution in [3.8, 4) is 0 Å². The first-order valence-corrected chi connectivity index (χ1v) is 3.64. The van der Waals surface area contributed by atoms with Gasteiger partial charge in [-0.3, -0.25) is 0 Å². The Labute approximate surface area is 67.2 Å². The van der Waals surface area contributed by atoms with E-state index in [0.29, 0.717) is 6.61 Å². The Kier molecular flexibility index (Phi) is 12.3. The summed E-state index contributed by atoms with van der Waals surface area (Å²) in [5, 5.41) is 0. The largest absolute Gasteiger partial charge is 3.00 e. The van der Waals surface area contributed by atoms with E-state index >= 15 is 0 Å². The average Bonchev–Trinajstić information content (AvgIpc) is 1.66. The summed E-state index contributed by atoms with van der Waals surface area (Å²) in [5.74, 6) is 0. The van der Waals surface area contributed by atoms with Gasteiger partial charge in [0.05, 0.1) is 0 Å². The number of hydrogen-bond donors (Lipinski definition) is 0. The third-order valence-electron chi connectivity index (χ3n) is 0.695. The monoisotopic (exact) mass is 163 g/mol. The molecule has 0 aliphatic heterocycles. The van der Waals surface area contributed by atoms with Crippen LogP contribution in [0, 0.1) is 0 Å². The summed E-state index contributed by atoms with van der Waals surface area (Å²) >= 11 is 0. The van der Waals surface area contributed by atoms with Crippen LogP contribution in [0.3, 0.4) is 0 Å². The zero-order valence-electron chi connectivity index (χ0n) is 5.37. The zero-order chi connectivity index (χ0) is 6.41. The molecule has 0 heterocycles. The average molecular weight is 163 g/mol. The molecule has 0 saturated carbocycles. The van der Waals surface area contributed by atoms with Gasteiger partial charge in [-0.25, -0.2) is 0 Å². The van der Waals surface area contributed by atoms with Crippen LogP contribution in [0.5, 0.6) is 0 Å². The van der Waals surface area contributed by atoms with Crippen LogP contribution < -0.4 is 9.79 Å². The number of unbranched alkanes of at least 4 members (excludes halogenated alkanes) is 1. The molecule has 0 unspecified atom stereocenters. The minimum Gasteiger partial charge on any atom is -0.820 e. The van der Waals surface area contributed by atoms with E-state index in [4.69, 9.17) is 0 Å². The molecular weight excluding hydrogens is 154 g/mol. The Morgan fingerprint density at radius 1 is 1.44 bits per heavy atom. The van der Waals surface area contributed by atoms with Gasteiger partial charge in [0.15, 0.2) is 0 Å². The molecule has 0 saturated heterocycles. The van der Waals surface area contributed by atoms with Crippen molar-refractivity contribution >= 4 is 26.0 Å². The van der Waals surface area contributed by atoms with Crippen LogP contribution in [-0.4, -0.2) is 24.0 Å². The van der Waals surface area contributed by atoms with Crippen LogP contribution in [0.4, 0.5) is 0 Å². The van der Waals surface area contributed by atoms with Crippen LogP contribution in [0.25, 0.3) is 0 Å². The molecule has 5 heteroatoms. The van der Waals surface area contributed by atoms with E-state index in [9.17, 15) is 9.79 Å². The summed E-state index contributed by atoms with van der Waals surface area (Å²) in [4.78, 5) is 19.4. The van der Waals surface area contributed by atoms with Gasteiger partial charge in [0.2, 0.25) is 0 Å². The zero-order valence-corrected chi connectivity index (χ0v) is 7.42. The van der Waals surface area contributed by atoms with E-state index in [0.717, 1.165) is 12.8 Å². The summed E-state index contributed by atoms with van der Waals surface area (Å²) in [6.07, 6.45) is 1.77. The Bertz CT molecular complexity index is 53.1. The predicted octanol–water partition coefficient (Wildman–Crippen LogP) is -0.630. The van der Waals surface area contributed by atoms with Crippen LogP contribution in [0.15, 0.2) is 0 Å². The molecule has 0 radical (unpaired) electrons. The second kappa shape index (κ2) is 8.84. The van der Waals surface area contributed by atoms with Crippen molar-refractivity contribution in [3.05, 3.63) is 0 Å². The van der Waals surface area contributed by atoms with Gasteiger partial charge in [0.25, 0.3) is 0 Å². The Morgan fingerprint density at radius 3 is 2.33 bits per heavy atom. The quantitative estimate of drug-likeness (QED) is 0.315. The minimum absolute atomic E-state index is 0. The molecule has 50 valence electrons. The molecule has 0 aromatic rings. The standard InChI is InChI=1S/C4H9O3P.Al/c1-2-3-4-7-8(5)6;/h2-4H2,1H3;/q-2;+3. The van der Waals surface area contributed by atoms with Crippen molar-refractivity contribution in [1.29, 1.82) is 0 Å². The maximum Gasteiger partial charge on any atom is 3.00 e. The van der Waals surface area contributed by atoms with Crippen molar-refractivity contribution in [1.82, 2.24) is 0 Å². The first kappa shape index (κ1) is 12.5. The molecule has 0 fully saturated rings. The maximum absolute atomic E-state index is 9.69. The maximum atomic E-state index is 9.69. The van der Waals surface area contributed by atoms with Crippen molar-refractivity contribution in [2.24, 2.45) is 0 Å². The first-order chi connectivity index (χ1) is 3.77. The van der Waals surface area contributed by atoms with Gasteiger partial charge in [0, 0.05) is 6.61 Å². The van der Waals surface area contributed by atoms with Gasteiger partial charge in [-0.2, -0.15) is 8.60 Å². The second-order valence-electron chi connectivity index (χ2n) is 1.41. The fourth-order valence-corrected chi connectivity index (χ4v) is 0.562. The summed E-state index contributed by atoms with van der Waals surface area (Å²) in [7, 11) is -2.61. The molecule has 0 atom stereocenters. The molecule has 0 rings (SSSR count). The molecule has 0 aliphatic carbocycles. The molecule has 0 aromatic heterocycles. The van der Waals surface area contributed by atoms with Crippen LogP contribution >= 0.6 is 8.60 Å². The van der Waals surface area contributed by atoms with Gasteiger partial charge in [-0.15, -0.1) is 0 Å². The number of hydrogen-bond acceptors (Lipinski definition) is 3. The van der Waals surface area contributed by atoms with Crippen molar-refractivity contribution in [3.63, 3.8) is 0 Å². The van der Waals surface area contributed by atoms with Gasteiger partial charge in [0.1, 0.15) is 0 Å². The summed E-state index contributed by atoms with van der Waals surface area (Å²) < 4.78 is 4.24. The second-order valence-corrected chi connectivity index (χ2v) is 2.12. The van der Waals surface area contributed by atoms with Crippen molar-refractivity contribution in [2.75, 3.05) is 6.61 Å². The van der Waals surface area contributed by atoms with E-state index in [1.807, 2.05) is 6.92 Å². The molecular formula is C4H9AlO3P+. The SMILES string of the molecule is CCCCOP([O-])[O-].[Al+3]. The van der Waals surface area contributed by atoms with Gasteiger partial charge < -0.3 is 14.3 Å². The van der Waals surface area contributed by atoms with Crippen molar-refractivity contribution in [2.45, 2.75) is 19.8 Å². The number of rotatable bonds is 4. The Balaban J connectivity index is 0.